The van der Waals surface area contributed by atoms with Crippen LogP contribution in [0.4, 0.5) is 4.39 Å². The number of halogens is 2. The molecule has 0 radical (unpaired) electrons. The molecule has 0 saturated carbocycles. The van der Waals surface area contributed by atoms with Gasteiger partial charge < -0.3 is 0 Å². The van der Waals surface area contributed by atoms with E-state index < -0.39 is 21.9 Å². The van der Waals surface area contributed by atoms with Crippen LogP contribution in [0.1, 0.15) is 23.7 Å². The first-order valence-corrected chi connectivity index (χ1v) is 8.08. The number of hydrogen-bond donors (Lipinski definition) is 0. The monoisotopic (exact) mass is 324 g/mol. The summed E-state index contributed by atoms with van der Waals surface area (Å²) in [5, 5.41) is -0.767. The minimum atomic E-state index is -1.57. The van der Waals surface area contributed by atoms with Crippen LogP contribution < -0.4 is 0 Å². The van der Waals surface area contributed by atoms with E-state index in [4.69, 9.17) is 11.6 Å². The Hall–Kier alpha value is -1.52. The molecule has 2 rings (SSSR count). The van der Waals surface area contributed by atoms with Gasteiger partial charge in [-0.15, -0.1) is 0 Å². The second-order valence-electron chi connectivity index (χ2n) is 4.50. The van der Waals surface area contributed by atoms with E-state index >= 15 is 0 Å². The Kier molecular flexibility index (Phi) is 5.26. The van der Waals surface area contributed by atoms with Crippen molar-refractivity contribution < 1.29 is 13.4 Å². The first-order chi connectivity index (χ1) is 10.0. The summed E-state index contributed by atoms with van der Waals surface area (Å²) in [6.45, 7) is 1.80. The summed E-state index contributed by atoms with van der Waals surface area (Å²) in [4.78, 5) is 12.8. The van der Waals surface area contributed by atoms with Crippen molar-refractivity contribution in [2.75, 3.05) is 0 Å². The Morgan fingerprint density at radius 3 is 2.48 bits per heavy atom. The molecule has 2 nitrogen and oxygen atoms in total. The third-order valence-electron chi connectivity index (χ3n) is 3.10. The zero-order valence-corrected chi connectivity index (χ0v) is 13.0. The van der Waals surface area contributed by atoms with Crippen LogP contribution in [0.25, 0.3) is 0 Å². The molecule has 2 aromatic rings. The Labute approximate surface area is 130 Å². The van der Waals surface area contributed by atoms with Crippen LogP contribution in [0.5, 0.6) is 0 Å². The molecule has 0 aliphatic heterocycles. The van der Waals surface area contributed by atoms with E-state index in [1.807, 2.05) is 6.07 Å². The van der Waals surface area contributed by atoms with Crippen molar-refractivity contribution in [3.63, 3.8) is 0 Å². The zero-order valence-electron chi connectivity index (χ0n) is 11.4. The second kappa shape index (κ2) is 6.96. The lowest BCUT2D eigenvalue weighted by Gasteiger charge is -2.14. The van der Waals surface area contributed by atoms with Crippen LogP contribution in [0.3, 0.4) is 0 Å². The highest BCUT2D eigenvalue weighted by molar-refractivity contribution is 7.86. The molecular formula is C16H14ClFO2S. The smallest absolute Gasteiger partial charge is 0.178 e. The Bertz CT molecular complexity index is 673. The highest BCUT2D eigenvalue weighted by Gasteiger charge is 2.26. The van der Waals surface area contributed by atoms with Crippen molar-refractivity contribution >= 4 is 28.2 Å². The maximum Gasteiger partial charge on any atom is 0.178 e. The van der Waals surface area contributed by atoms with Crippen LogP contribution >= 0.6 is 11.6 Å². The summed E-state index contributed by atoms with van der Waals surface area (Å²) in [5.41, 5.74) is 0.519. The van der Waals surface area contributed by atoms with Gasteiger partial charge in [-0.1, -0.05) is 48.9 Å². The van der Waals surface area contributed by atoms with Crippen LogP contribution in [-0.2, 0) is 10.8 Å². The fraction of sp³-hybridized carbons (Fsp3) is 0.188. The first-order valence-electron chi connectivity index (χ1n) is 6.49. The predicted molar refractivity (Wildman–Crippen MR) is 82.7 cm³/mol. The van der Waals surface area contributed by atoms with Crippen molar-refractivity contribution in [3.05, 3.63) is 64.9 Å². The van der Waals surface area contributed by atoms with Gasteiger partial charge in [-0.2, -0.15) is 0 Å². The standard InChI is InChI=1S/C16H14ClFO2S/c1-2-15(16(19)11-6-4-3-5-7-11)21(20)12-8-9-14(18)13(17)10-12/h3-10,15H,2H2,1H3. The van der Waals surface area contributed by atoms with Crippen molar-refractivity contribution in [2.24, 2.45) is 0 Å². The summed E-state index contributed by atoms with van der Waals surface area (Å²) in [6.07, 6.45) is 0.426. The Morgan fingerprint density at radius 2 is 1.90 bits per heavy atom. The SMILES string of the molecule is CCC(C(=O)c1ccccc1)S(=O)c1ccc(F)c(Cl)c1. The number of carbonyl (C=O) groups is 1. The van der Waals surface area contributed by atoms with E-state index in [1.165, 1.54) is 12.1 Å². The predicted octanol–water partition coefficient (Wildman–Crippen LogP) is 4.25. The normalized spacial score (nSPS) is 13.7. The molecule has 0 fully saturated rings. The molecule has 0 amide bonds. The molecule has 2 atom stereocenters. The van der Waals surface area contributed by atoms with Gasteiger partial charge in [0.1, 0.15) is 11.1 Å². The van der Waals surface area contributed by atoms with Crippen LogP contribution in [-0.4, -0.2) is 15.2 Å². The van der Waals surface area contributed by atoms with E-state index in [-0.39, 0.29) is 10.8 Å². The Balaban J connectivity index is 2.30. The highest BCUT2D eigenvalue weighted by atomic mass is 35.5. The third-order valence-corrected chi connectivity index (χ3v) is 5.18. The van der Waals surface area contributed by atoms with Crippen LogP contribution in [0, 0.1) is 5.82 Å². The van der Waals surface area contributed by atoms with Crippen molar-refractivity contribution in [1.82, 2.24) is 0 Å². The number of hydrogen-bond acceptors (Lipinski definition) is 2. The lowest BCUT2D eigenvalue weighted by atomic mass is 10.1. The molecule has 2 unspecified atom stereocenters. The maximum atomic E-state index is 13.2. The molecule has 2 aromatic carbocycles. The van der Waals surface area contributed by atoms with Gasteiger partial charge >= 0.3 is 0 Å². The zero-order chi connectivity index (χ0) is 15.4. The van der Waals surface area contributed by atoms with Gasteiger partial charge in [0.05, 0.1) is 15.8 Å². The number of benzene rings is 2. The summed E-state index contributed by atoms with van der Waals surface area (Å²) in [6, 6.07) is 12.6. The average Bonchev–Trinajstić information content (AvgIpc) is 2.51. The molecule has 0 aliphatic carbocycles. The van der Waals surface area contributed by atoms with Gasteiger partial charge in [0.25, 0.3) is 0 Å². The fourth-order valence-corrected chi connectivity index (χ4v) is 3.63. The van der Waals surface area contributed by atoms with Gasteiger partial charge in [0.15, 0.2) is 5.78 Å². The molecule has 0 N–H and O–H groups in total. The minimum Gasteiger partial charge on any atom is -0.293 e. The molecule has 0 bridgehead atoms. The Morgan fingerprint density at radius 1 is 1.24 bits per heavy atom. The summed E-state index contributed by atoms with van der Waals surface area (Å²) >= 11 is 5.71. The third kappa shape index (κ3) is 3.57. The number of Topliss-reactive ketones (excluding diaryl/α,β-unsaturated/α-hetero) is 1. The van der Waals surface area contributed by atoms with Gasteiger partial charge in [-0.05, 0) is 24.6 Å². The lowest BCUT2D eigenvalue weighted by Crippen LogP contribution is -2.25. The molecule has 0 aromatic heterocycles. The van der Waals surface area contributed by atoms with Gasteiger partial charge in [-0.3, -0.25) is 9.00 Å². The van der Waals surface area contributed by atoms with Crippen LogP contribution in [0.2, 0.25) is 5.02 Å². The van der Waals surface area contributed by atoms with Gasteiger partial charge in [0.2, 0.25) is 0 Å². The molecule has 0 spiro atoms. The van der Waals surface area contributed by atoms with Crippen molar-refractivity contribution in [1.29, 1.82) is 0 Å². The molecule has 0 saturated heterocycles. The van der Waals surface area contributed by atoms with E-state index in [1.54, 1.807) is 31.2 Å². The number of carbonyl (C=O) groups excluding carboxylic acids is 1. The molecule has 5 heteroatoms. The average molecular weight is 325 g/mol. The lowest BCUT2D eigenvalue weighted by molar-refractivity contribution is 0.0986. The molecule has 110 valence electrons. The summed E-state index contributed by atoms with van der Waals surface area (Å²) < 4.78 is 25.7. The summed E-state index contributed by atoms with van der Waals surface area (Å²) in [5.74, 6) is -0.753. The van der Waals surface area contributed by atoms with E-state index in [0.717, 1.165) is 6.07 Å². The van der Waals surface area contributed by atoms with E-state index in [0.29, 0.717) is 16.9 Å². The molecular weight excluding hydrogens is 311 g/mol. The van der Waals surface area contributed by atoms with E-state index in [2.05, 4.69) is 0 Å². The van der Waals surface area contributed by atoms with Crippen molar-refractivity contribution in [3.8, 4) is 0 Å². The van der Waals surface area contributed by atoms with Gasteiger partial charge in [0, 0.05) is 10.5 Å². The number of ketones is 1. The van der Waals surface area contributed by atoms with Crippen molar-refractivity contribution in [2.45, 2.75) is 23.5 Å². The minimum absolute atomic E-state index is 0.0946. The van der Waals surface area contributed by atoms with Crippen LogP contribution in [0.15, 0.2) is 53.4 Å². The molecule has 21 heavy (non-hydrogen) atoms. The molecule has 0 aliphatic rings. The van der Waals surface area contributed by atoms with Gasteiger partial charge in [-0.25, -0.2) is 4.39 Å². The number of rotatable bonds is 5. The molecule has 0 heterocycles. The fourth-order valence-electron chi connectivity index (χ4n) is 1.99. The summed E-state index contributed by atoms with van der Waals surface area (Å²) in [7, 11) is -1.57. The maximum absolute atomic E-state index is 13.2. The largest absolute Gasteiger partial charge is 0.293 e. The highest BCUT2D eigenvalue weighted by Crippen LogP contribution is 2.23. The van der Waals surface area contributed by atoms with E-state index in [9.17, 15) is 13.4 Å². The first kappa shape index (κ1) is 15.9. The second-order valence-corrected chi connectivity index (χ2v) is 6.54. The quantitative estimate of drug-likeness (QED) is 0.771. The topological polar surface area (TPSA) is 34.1 Å².